The van der Waals surface area contributed by atoms with Crippen molar-refractivity contribution in [3.05, 3.63) is 60.4 Å². The number of nitrogens with zero attached hydrogens (tertiary/aromatic N) is 3. The maximum Gasteiger partial charge on any atom is 0.234 e. The van der Waals surface area contributed by atoms with Gasteiger partial charge in [-0.25, -0.2) is 0 Å². The molecule has 1 N–H and O–H groups in total. The van der Waals surface area contributed by atoms with Gasteiger partial charge in [-0.2, -0.15) is 0 Å². The number of hydrogen-bond acceptors (Lipinski definition) is 6. The number of benzene rings is 2. The highest BCUT2D eigenvalue weighted by Gasteiger charge is 2.14. The van der Waals surface area contributed by atoms with Gasteiger partial charge >= 0.3 is 0 Å². The number of thioether (sulfide) groups is 2. The molecule has 3 rings (SSSR count). The molecule has 0 unspecified atom stereocenters. The molecule has 3 aromatic rings. The molecule has 1 aromatic heterocycles. The Morgan fingerprint density at radius 2 is 1.86 bits per heavy atom. The molecular formula is C20H22N4O2S2. The van der Waals surface area contributed by atoms with Crippen molar-refractivity contribution in [2.75, 3.05) is 17.3 Å². The van der Waals surface area contributed by atoms with E-state index in [0.29, 0.717) is 18.3 Å². The molecule has 0 bridgehead atoms. The summed E-state index contributed by atoms with van der Waals surface area (Å²) in [5.41, 5.74) is 0.828. The van der Waals surface area contributed by atoms with Crippen LogP contribution in [0.1, 0.15) is 12.7 Å². The second-order valence-electron chi connectivity index (χ2n) is 5.78. The SMILES string of the molecule is CCn1c(COc2ccccc2)nnc1SCC(=O)Nc1ccccc1SC. The highest BCUT2D eigenvalue weighted by Crippen LogP contribution is 2.25. The summed E-state index contributed by atoms with van der Waals surface area (Å²) in [6.07, 6.45) is 1.99. The molecule has 8 heteroatoms. The predicted octanol–water partition coefficient (Wildman–Crippen LogP) is 4.33. The Labute approximate surface area is 173 Å². The summed E-state index contributed by atoms with van der Waals surface area (Å²) in [6, 6.07) is 17.4. The number of para-hydroxylation sites is 2. The van der Waals surface area contributed by atoms with Gasteiger partial charge in [0.25, 0.3) is 0 Å². The van der Waals surface area contributed by atoms with Gasteiger partial charge in [0.2, 0.25) is 5.91 Å². The van der Waals surface area contributed by atoms with Gasteiger partial charge in [-0.05, 0) is 37.4 Å². The number of carbonyl (C=O) groups is 1. The van der Waals surface area contributed by atoms with E-state index in [9.17, 15) is 4.79 Å². The van der Waals surface area contributed by atoms with Crippen molar-refractivity contribution in [3.63, 3.8) is 0 Å². The normalized spacial score (nSPS) is 10.6. The molecule has 6 nitrogen and oxygen atoms in total. The fraction of sp³-hybridized carbons (Fsp3) is 0.250. The topological polar surface area (TPSA) is 69.0 Å². The lowest BCUT2D eigenvalue weighted by atomic mass is 10.3. The Morgan fingerprint density at radius 3 is 2.61 bits per heavy atom. The molecule has 1 heterocycles. The average molecular weight is 415 g/mol. The third-order valence-corrected chi connectivity index (χ3v) is 5.70. The number of amides is 1. The van der Waals surface area contributed by atoms with Crippen LogP contribution in [0.25, 0.3) is 0 Å². The summed E-state index contributed by atoms with van der Waals surface area (Å²) in [7, 11) is 0. The van der Waals surface area contributed by atoms with Crippen molar-refractivity contribution in [2.45, 2.75) is 30.1 Å². The molecule has 0 aliphatic carbocycles. The monoisotopic (exact) mass is 414 g/mol. The van der Waals surface area contributed by atoms with Gasteiger partial charge in [-0.3, -0.25) is 4.79 Å². The number of ether oxygens (including phenoxy) is 1. The number of anilines is 1. The van der Waals surface area contributed by atoms with Crippen LogP contribution in [0.5, 0.6) is 5.75 Å². The number of aromatic nitrogens is 3. The minimum absolute atomic E-state index is 0.0701. The molecule has 0 saturated heterocycles. The van der Waals surface area contributed by atoms with E-state index in [4.69, 9.17) is 4.74 Å². The van der Waals surface area contributed by atoms with Crippen LogP contribution in [0.2, 0.25) is 0 Å². The highest BCUT2D eigenvalue weighted by atomic mass is 32.2. The molecule has 2 aromatic carbocycles. The highest BCUT2D eigenvalue weighted by molar-refractivity contribution is 7.99. The average Bonchev–Trinajstić information content (AvgIpc) is 3.13. The Balaban J connectivity index is 1.58. The van der Waals surface area contributed by atoms with Gasteiger partial charge in [0.05, 0.1) is 11.4 Å². The summed E-state index contributed by atoms with van der Waals surface area (Å²) in [5.74, 6) is 1.72. The van der Waals surface area contributed by atoms with Crippen LogP contribution in [0.15, 0.2) is 64.6 Å². The minimum Gasteiger partial charge on any atom is -0.486 e. The summed E-state index contributed by atoms with van der Waals surface area (Å²) < 4.78 is 7.73. The fourth-order valence-corrected chi connectivity index (χ4v) is 3.95. The lowest BCUT2D eigenvalue weighted by molar-refractivity contribution is -0.113. The molecule has 0 atom stereocenters. The van der Waals surface area contributed by atoms with Gasteiger partial charge in [0, 0.05) is 11.4 Å². The standard InChI is InChI=1S/C20H22N4O2S2/c1-3-24-18(13-26-15-9-5-4-6-10-15)22-23-20(24)28-14-19(25)21-16-11-7-8-12-17(16)27-2/h4-12H,3,13-14H2,1-2H3,(H,21,25). The first-order valence-electron chi connectivity index (χ1n) is 8.86. The summed E-state index contributed by atoms with van der Waals surface area (Å²) in [5, 5.41) is 12.1. The van der Waals surface area contributed by atoms with E-state index in [-0.39, 0.29) is 11.7 Å². The van der Waals surface area contributed by atoms with E-state index in [0.717, 1.165) is 22.2 Å². The number of nitrogens with one attached hydrogen (secondary N) is 1. The van der Waals surface area contributed by atoms with Crippen molar-refractivity contribution in [1.82, 2.24) is 14.8 Å². The number of rotatable bonds is 9. The maximum atomic E-state index is 12.3. The van der Waals surface area contributed by atoms with E-state index < -0.39 is 0 Å². The second-order valence-corrected chi connectivity index (χ2v) is 7.57. The molecule has 0 radical (unpaired) electrons. The van der Waals surface area contributed by atoms with Gasteiger partial charge in [-0.1, -0.05) is 42.1 Å². The van der Waals surface area contributed by atoms with E-state index in [1.165, 1.54) is 11.8 Å². The summed E-state index contributed by atoms with van der Waals surface area (Å²) >= 11 is 2.97. The van der Waals surface area contributed by atoms with Crippen molar-refractivity contribution in [2.24, 2.45) is 0 Å². The summed E-state index contributed by atoms with van der Waals surface area (Å²) in [6.45, 7) is 3.06. The maximum absolute atomic E-state index is 12.3. The van der Waals surface area contributed by atoms with E-state index in [2.05, 4.69) is 15.5 Å². The molecule has 0 aliphatic heterocycles. The van der Waals surface area contributed by atoms with Gasteiger partial charge in [-0.15, -0.1) is 22.0 Å². The molecule has 0 saturated carbocycles. The fourth-order valence-electron chi connectivity index (χ4n) is 2.58. The first-order valence-corrected chi connectivity index (χ1v) is 11.1. The van der Waals surface area contributed by atoms with Crippen LogP contribution in [0.3, 0.4) is 0 Å². The third kappa shape index (κ3) is 5.30. The van der Waals surface area contributed by atoms with Crippen LogP contribution < -0.4 is 10.1 Å². The zero-order valence-corrected chi connectivity index (χ0v) is 17.4. The second kappa shape index (κ2) is 10.2. The molecular weight excluding hydrogens is 392 g/mol. The zero-order valence-electron chi connectivity index (χ0n) is 15.8. The van der Waals surface area contributed by atoms with Crippen molar-refractivity contribution in [3.8, 4) is 5.75 Å². The third-order valence-electron chi connectivity index (χ3n) is 3.93. The molecule has 0 aliphatic rings. The van der Waals surface area contributed by atoms with E-state index >= 15 is 0 Å². The quantitative estimate of drug-likeness (QED) is 0.526. The number of hydrogen-bond donors (Lipinski definition) is 1. The molecule has 0 spiro atoms. The van der Waals surface area contributed by atoms with Gasteiger partial charge in [0.15, 0.2) is 11.0 Å². The Kier molecular flexibility index (Phi) is 7.39. The molecule has 0 fully saturated rings. The molecule has 146 valence electrons. The zero-order chi connectivity index (χ0) is 19.8. The van der Waals surface area contributed by atoms with Crippen molar-refractivity contribution >= 4 is 35.1 Å². The van der Waals surface area contributed by atoms with Gasteiger partial charge < -0.3 is 14.6 Å². The van der Waals surface area contributed by atoms with Crippen molar-refractivity contribution in [1.29, 1.82) is 0 Å². The minimum atomic E-state index is -0.0701. The first kappa shape index (κ1) is 20.3. The van der Waals surface area contributed by atoms with Crippen LogP contribution in [-0.2, 0) is 17.9 Å². The summed E-state index contributed by atoms with van der Waals surface area (Å²) in [4.78, 5) is 13.4. The predicted molar refractivity (Wildman–Crippen MR) is 114 cm³/mol. The molecule has 1 amide bonds. The Morgan fingerprint density at radius 1 is 1.11 bits per heavy atom. The smallest absolute Gasteiger partial charge is 0.234 e. The lowest BCUT2D eigenvalue weighted by Gasteiger charge is -2.10. The van der Waals surface area contributed by atoms with Crippen molar-refractivity contribution < 1.29 is 9.53 Å². The van der Waals surface area contributed by atoms with Crippen LogP contribution in [0, 0.1) is 0 Å². The van der Waals surface area contributed by atoms with E-state index in [1.807, 2.05) is 72.3 Å². The van der Waals surface area contributed by atoms with Crippen LogP contribution in [0.4, 0.5) is 5.69 Å². The largest absolute Gasteiger partial charge is 0.486 e. The Bertz CT molecular complexity index is 916. The Hall–Kier alpha value is -2.45. The van der Waals surface area contributed by atoms with Crippen LogP contribution >= 0.6 is 23.5 Å². The first-order chi connectivity index (χ1) is 13.7. The molecule has 28 heavy (non-hydrogen) atoms. The lowest BCUT2D eigenvalue weighted by Crippen LogP contribution is -2.15. The van der Waals surface area contributed by atoms with Crippen LogP contribution in [-0.4, -0.2) is 32.7 Å². The number of carbonyl (C=O) groups excluding carboxylic acids is 1. The van der Waals surface area contributed by atoms with E-state index in [1.54, 1.807) is 11.8 Å². The van der Waals surface area contributed by atoms with Gasteiger partial charge in [0.1, 0.15) is 12.4 Å².